The van der Waals surface area contributed by atoms with Crippen LogP contribution in [0.5, 0.6) is 0 Å². The number of aromatic nitrogens is 1. The third-order valence-corrected chi connectivity index (χ3v) is 5.10. The van der Waals surface area contributed by atoms with Crippen molar-refractivity contribution in [1.29, 1.82) is 0 Å². The summed E-state index contributed by atoms with van der Waals surface area (Å²) in [6.07, 6.45) is 0. The average molecular weight is 371 g/mol. The molecule has 0 fully saturated rings. The second-order valence-corrected chi connectivity index (χ2v) is 7.38. The van der Waals surface area contributed by atoms with E-state index < -0.39 is 0 Å². The Balaban J connectivity index is 1.62. The van der Waals surface area contributed by atoms with Crippen molar-refractivity contribution in [3.63, 3.8) is 0 Å². The monoisotopic (exact) mass is 370 g/mol. The van der Waals surface area contributed by atoms with Gasteiger partial charge in [0.1, 0.15) is 0 Å². The van der Waals surface area contributed by atoms with Gasteiger partial charge in [-0.25, -0.2) is 4.98 Å². The summed E-state index contributed by atoms with van der Waals surface area (Å²) in [6.45, 7) is 4.61. The second-order valence-electron chi connectivity index (χ2n) is 5.94. The van der Waals surface area contributed by atoms with Crippen LogP contribution in [0.15, 0.2) is 53.6 Å². The van der Waals surface area contributed by atoms with Crippen LogP contribution in [0.25, 0.3) is 10.9 Å². The van der Waals surface area contributed by atoms with E-state index in [1.807, 2.05) is 36.4 Å². The zero-order valence-corrected chi connectivity index (χ0v) is 15.7. The molecule has 0 aliphatic rings. The molecule has 5 heteroatoms. The molecule has 0 bridgehead atoms. The van der Waals surface area contributed by atoms with Gasteiger partial charge in [0.25, 0.3) is 0 Å². The van der Waals surface area contributed by atoms with Crippen LogP contribution in [0.4, 0.5) is 0 Å². The lowest BCUT2D eigenvalue weighted by Crippen LogP contribution is -2.24. The first-order chi connectivity index (χ1) is 12.0. The zero-order chi connectivity index (χ0) is 17.8. The fourth-order valence-electron chi connectivity index (χ4n) is 2.64. The van der Waals surface area contributed by atoms with Crippen LogP contribution in [0.2, 0.25) is 5.02 Å². The standard InChI is InChI=1S/C20H19ClN2OS/c1-13-5-3-8-17-14(2)9-19(23-20(13)17)25-12-18(24)22-11-15-6-4-7-16(21)10-15/h3-10H,11-12H2,1-2H3,(H,22,24). The van der Waals surface area contributed by atoms with E-state index in [0.717, 1.165) is 27.1 Å². The molecular formula is C20H19ClN2OS. The Morgan fingerprint density at radius 2 is 1.92 bits per heavy atom. The lowest BCUT2D eigenvalue weighted by molar-refractivity contribution is -0.118. The smallest absolute Gasteiger partial charge is 0.230 e. The molecule has 0 spiro atoms. The third-order valence-electron chi connectivity index (χ3n) is 3.95. The van der Waals surface area contributed by atoms with E-state index in [4.69, 9.17) is 16.6 Å². The SMILES string of the molecule is Cc1cc(SCC(=O)NCc2cccc(Cl)c2)nc2c(C)cccc12. The van der Waals surface area contributed by atoms with E-state index in [-0.39, 0.29) is 5.91 Å². The minimum Gasteiger partial charge on any atom is -0.351 e. The number of hydrogen-bond acceptors (Lipinski definition) is 3. The summed E-state index contributed by atoms with van der Waals surface area (Å²) < 4.78 is 0. The normalized spacial score (nSPS) is 10.8. The molecule has 128 valence electrons. The van der Waals surface area contributed by atoms with E-state index in [1.54, 1.807) is 0 Å². The Bertz CT molecular complexity index is 927. The Morgan fingerprint density at radius 1 is 1.12 bits per heavy atom. The molecule has 2 aromatic carbocycles. The van der Waals surface area contributed by atoms with Crippen molar-refractivity contribution in [2.75, 3.05) is 5.75 Å². The van der Waals surface area contributed by atoms with Crippen molar-refractivity contribution in [3.05, 3.63) is 70.2 Å². The van der Waals surface area contributed by atoms with Crippen molar-refractivity contribution >= 4 is 40.2 Å². The number of para-hydroxylation sites is 1. The molecule has 25 heavy (non-hydrogen) atoms. The summed E-state index contributed by atoms with van der Waals surface area (Å²) in [7, 11) is 0. The third kappa shape index (κ3) is 4.53. The van der Waals surface area contributed by atoms with Crippen molar-refractivity contribution in [3.8, 4) is 0 Å². The van der Waals surface area contributed by atoms with Crippen molar-refractivity contribution in [2.24, 2.45) is 0 Å². The first kappa shape index (κ1) is 17.8. The Morgan fingerprint density at radius 3 is 2.72 bits per heavy atom. The number of amides is 1. The number of carbonyl (C=O) groups is 1. The Kier molecular flexibility index (Phi) is 5.61. The molecule has 0 radical (unpaired) electrons. The molecule has 3 nitrogen and oxygen atoms in total. The molecular weight excluding hydrogens is 352 g/mol. The number of aryl methyl sites for hydroxylation is 2. The van der Waals surface area contributed by atoms with Gasteiger partial charge in [0.05, 0.1) is 16.3 Å². The van der Waals surface area contributed by atoms with Gasteiger partial charge in [0.15, 0.2) is 0 Å². The molecule has 1 aromatic heterocycles. The first-order valence-electron chi connectivity index (χ1n) is 8.04. The first-order valence-corrected chi connectivity index (χ1v) is 9.40. The highest BCUT2D eigenvalue weighted by molar-refractivity contribution is 7.99. The average Bonchev–Trinajstić information content (AvgIpc) is 2.59. The Labute approximate surface area is 156 Å². The van der Waals surface area contributed by atoms with Gasteiger partial charge in [-0.15, -0.1) is 0 Å². The summed E-state index contributed by atoms with van der Waals surface area (Å²) in [6, 6.07) is 15.7. The molecule has 3 rings (SSSR count). The number of fused-ring (bicyclic) bond motifs is 1. The summed E-state index contributed by atoms with van der Waals surface area (Å²) in [4.78, 5) is 16.8. The maximum absolute atomic E-state index is 12.1. The van der Waals surface area contributed by atoms with E-state index in [9.17, 15) is 4.79 Å². The van der Waals surface area contributed by atoms with Crippen LogP contribution in [0.3, 0.4) is 0 Å². The highest BCUT2D eigenvalue weighted by Crippen LogP contribution is 2.25. The number of nitrogens with zero attached hydrogens (tertiary/aromatic N) is 1. The summed E-state index contributed by atoms with van der Waals surface area (Å²) in [5.74, 6) is 0.319. The van der Waals surface area contributed by atoms with E-state index >= 15 is 0 Å². The van der Waals surface area contributed by atoms with E-state index in [2.05, 4.69) is 31.3 Å². The topological polar surface area (TPSA) is 42.0 Å². The number of hydrogen-bond donors (Lipinski definition) is 1. The quantitative estimate of drug-likeness (QED) is 0.648. The maximum atomic E-state index is 12.1. The number of thioether (sulfide) groups is 1. The van der Waals surface area contributed by atoms with Crippen LogP contribution in [-0.2, 0) is 11.3 Å². The van der Waals surface area contributed by atoms with Crippen LogP contribution in [0.1, 0.15) is 16.7 Å². The van der Waals surface area contributed by atoms with Gasteiger partial charge >= 0.3 is 0 Å². The van der Waals surface area contributed by atoms with Crippen molar-refractivity contribution < 1.29 is 4.79 Å². The van der Waals surface area contributed by atoms with Crippen LogP contribution in [0, 0.1) is 13.8 Å². The lowest BCUT2D eigenvalue weighted by atomic mass is 10.1. The highest BCUT2D eigenvalue weighted by Gasteiger charge is 2.08. The fraction of sp³-hybridized carbons (Fsp3) is 0.200. The maximum Gasteiger partial charge on any atom is 0.230 e. The van der Waals surface area contributed by atoms with Gasteiger partial charge in [0.2, 0.25) is 5.91 Å². The zero-order valence-electron chi connectivity index (χ0n) is 14.2. The van der Waals surface area contributed by atoms with Gasteiger partial charge in [-0.1, -0.05) is 53.7 Å². The van der Waals surface area contributed by atoms with Gasteiger partial charge in [-0.3, -0.25) is 4.79 Å². The minimum absolute atomic E-state index is 0.0192. The molecule has 0 saturated heterocycles. The molecule has 1 N–H and O–H groups in total. The van der Waals surface area contributed by atoms with Crippen molar-refractivity contribution in [2.45, 2.75) is 25.4 Å². The second kappa shape index (κ2) is 7.89. The molecule has 0 aliphatic heterocycles. The highest BCUT2D eigenvalue weighted by atomic mass is 35.5. The Hall–Kier alpha value is -2.04. The predicted molar refractivity (Wildman–Crippen MR) is 105 cm³/mol. The summed E-state index contributed by atoms with van der Waals surface area (Å²) in [5, 5.41) is 5.62. The molecule has 0 unspecified atom stereocenters. The summed E-state index contributed by atoms with van der Waals surface area (Å²) >= 11 is 7.41. The van der Waals surface area contributed by atoms with Gasteiger partial charge in [-0.2, -0.15) is 0 Å². The number of pyridine rings is 1. The van der Waals surface area contributed by atoms with Gasteiger partial charge < -0.3 is 5.32 Å². The van der Waals surface area contributed by atoms with Crippen molar-refractivity contribution in [1.82, 2.24) is 10.3 Å². The molecule has 1 amide bonds. The number of halogens is 1. The molecule has 0 aliphatic carbocycles. The van der Waals surface area contributed by atoms with E-state index in [0.29, 0.717) is 17.3 Å². The largest absolute Gasteiger partial charge is 0.351 e. The van der Waals surface area contributed by atoms with Gasteiger partial charge in [0, 0.05) is 17.0 Å². The predicted octanol–water partition coefficient (Wildman–Crippen LogP) is 4.91. The number of nitrogens with one attached hydrogen (secondary N) is 1. The van der Waals surface area contributed by atoms with Crippen LogP contribution in [-0.4, -0.2) is 16.6 Å². The van der Waals surface area contributed by atoms with E-state index in [1.165, 1.54) is 17.3 Å². The molecule has 0 atom stereocenters. The summed E-state index contributed by atoms with van der Waals surface area (Å²) in [5.41, 5.74) is 4.31. The molecule has 0 saturated carbocycles. The number of benzene rings is 2. The number of rotatable bonds is 5. The molecule has 1 heterocycles. The molecule has 3 aromatic rings. The van der Waals surface area contributed by atoms with Gasteiger partial charge in [-0.05, 0) is 48.7 Å². The van der Waals surface area contributed by atoms with Crippen LogP contribution >= 0.6 is 23.4 Å². The van der Waals surface area contributed by atoms with Crippen LogP contribution < -0.4 is 5.32 Å². The number of carbonyl (C=O) groups excluding carboxylic acids is 1. The lowest BCUT2D eigenvalue weighted by Gasteiger charge is -2.09. The minimum atomic E-state index is -0.0192. The fourth-order valence-corrected chi connectivity index (χ4v) is 3.65.